The van der Waals surface area contributed by atoms with Crippen molar-refractivity contribution in [1.29, 1.82) is 0 Å². The number of rotatable bonds is 6. The second kappa shape index (κ2) is 8.37. The Morgan fingerprint density at radius 3 is 3.07 bits per heavy atom. The zero-order chi connectivity index (χ0) is 18.6. The molecule has 1 saturated heterocycles. The van der Waals surface area contributed by atoms with E-state index in [1.165, 1.54) is 40.1 Å². The van der Waals surface area contributed by atoms with Crippen molar-refractivity contribution in [3.63, 3.8) is 0 Å². The summed E-state index contributed by atoms with van der Waals surface area (Å²) in [6, 6.07) is 10.5. The van der Waals surface area contributed by atoms with Crippen LogP contribution in [0.2, 0.25) is 0 Å². The van der Waals surface area contributed by atoms with Crippen molar-refractivity contribution in [3.8, 4) is 0 Å². The third-order valence-electron chi connectivity index (χ3n) is 4.25. The summed E-state index contributed by atoms with van der Waals surface area (Å²) in [5, 5.41) is 13.8. The van der Waals surface area contributed by atoms with Crippen LogP contribution in [0.25, 0.3) is 0 Å². The monoisotopic (exact) mass is 420 g/mol. The summed E-state index contributed by atoms with van der Waals surface area (Å²) in [6.45, 7) is 0.810. The zero-order valence-corrected chi connectivity index (χ0v) is 16.7. The molecule has 0 saturated carbocycles. The van der Waals surface area contributed by atoms with Gasteiger partial charge in [0.25, 0.3) is 0 Å². The van der Waals surface area contributed by atoms with E-state index in [0.29, 0.717) is 20.9 Å². The molecular formula is C18H17FN4OS3. The quantitative estimate of drug-likeness (QED) is 0.573. The first-order valence-corrected chi connectivity index (χ1v) is 11.2. The molecule has 27 heavy (non-hydrogen) atoms. The molecule has 1 amide bonds. The van der Waals surface area contributed by atoms with Crippen molar-refractivity contribution in [2.75, 3.05) is 17.6 Å². The van der Waals surface area contributed by atoms with Gasteiger partial charge in [-0.15, -0.1) is 21.5 Å². The number of nitrogens with one attached hydrogen (secondary N) is 1. The maximum Gasteiger partial charge on any atom is 0.233 e. The highest BCUT2D eigenvalue weighted by atomic mass is 32.2. The lowest BCUT2D eigenvalue weighted by Crippen LogP contribution is -2.31. The minimum atomic E-state index is -0.310. The van der Waals surface area contributed by atoms with E-state index in [0.717, 1.165) is 19.4 Å². The molecule has 0 bridgehead atoms. The maximum atomic E-state index is 13.2. The Morgan fingerprint density at radius 1 is 1.33 bits per heavy atom. The number of halogens is 1. The van der Waals surface area contributed by atoms with Crippen molar-refractivity contribution in [2.45, 2.75) is 23.2 Å². The van der Waals surface area contributed by atoms with Gasteiger partial charge >= 0.3 is 0 Å². The van der Waals surface area contributed by atoms with E-state index < -0.39 is 0 Å². The number of carbonyl (C=O) groups excluding carboxylic acids is 1. The van der Waals surface area contributed by atoms with Crippen LogP contribution in [0.5, 0.6) is 0 Å². The number of hydrogen-bond acceptors (Lipinski definition) is 7. The number of aromatic nitrogens is 2. The molecule has 1 aliphatic heterocycles. The first-order valence-electron chi connectivity index (χ1n) is 8.51. The summed E-state index contributed by atoms with van der Waals surface area (Å²) in [7, 11) is 0. The van der Waals surface area contributed by atoms with Crippen LogP contribution in [0.1, 0.15) is 23.8 Å². The van der Waals surface area contributed by atoms with Gasteiger partial charge in [-0.3, -0.25) is 4.79 Å². The van der Waals surface area contributed by atoms with Crippen LogP contribution in [0.15, 0.2) is 46.1 Å². The third-order valence-corrected chi connectivity index (χ3v) is 7.18. The highest BCUT2D eigenvalue weighted by molar-refractivity contribution is 8.01. The van der Waals surface area contributed by atoms with E-state index in [1.54, 1.807) is 23.5 Å². The molecule has 140 valence electrons. The average molecular weight is 421 g/mol. The maximum absolute atomic E-state index is 13.2. The largest absolute Gasteiger partial charge is 0.334 e. The van der Waals surface area contributed by atoms with E-state index in [1.807, 2.05) is 11.0 Å². The number of benzene rings is 1. The van der Waals surface area contributed by atoms with Crippen molar-refractivity contribution in [3.05, 3.63) is 52.5 Å². The number of thiophene rings is 1. The van der Waals surface area contributed by atoms with Gasteiger partial charge in [-0.2, -0.15) is 0 Å². The van der Waals surface area contributed by atoms with Gasteiger partial charge in [0.05, 0.1) is 11.8 Å². The lowest BCUT2D eigenvalue weighted by molar-refractivity contribution is -0.129. The van der Waals surface area contributed by atoms with Crippen LogP contribution >= 0.6 is 34.4 Å². The predicted octanol–water partition coefficient (Wildman–Crippen LogP) is 4.94. The lowest BCUT2D eigenvalue weighted by atomic mass is 10.2. The minimum absolute atomic E-state index is 0.130. The molecule has 1 aromatic carbocycles. The Kier molecular flexibility index (Phi) is 5.70. The standard InChI is InChI=1S/C18H17FN4OS3/c19-12-4-1-5-13(10-12)20-17-21-22-18(27-17)26-11-16(24)23-8-2-6-14(23)15-7-3-9-25-15/h1,3-5,7,9-10,14H,2,6,8,11H2,(H,20,21). The number of likely N-dealkylation sites (tertiary alicyclic amines) is 1. The number of carbonyl (C=O) groups is 1. The van der Waals surface area contributed by atoms with Crippen molar-refractivity contribution >= 4 is 51.2 Å². The lowest BCUT2D eigenvalue weighted by Gasteiger charge is -2.23. The summed E-state index contributed by atoms with van der Waals surface area (Å²) in [6.07, 6.45) is 2.07. The Morgan fingerprint density at radius 2 is 2.26 bits per heavy atom. The fourth-order valence-electron chi connectivity index (χ4n) is 3.06. The second-order valence-electron chi connectivity index (χ2n) is 6.06. The fraction of sp³-hybridized carbons (Fsp3) is 0.278. The van der Waals surface area contributed by atoms with E-state index in [4.69, 9.17) is 0 Å². The molecule has 3 aromatic rings. The normalized spacial score (nSPS) is 16.6. The molecule has 1 atom stereocenters. The molecule has 0 aliphatic carbocycles. The molecule has 4 rings (SSSR count). The summed E-state index contributed by atoms with van der Waals surface area (Å²) >= 11 is 4.45. The van der Waals surface area contributed by atoms with Gasteiger partial charge in [-0.25, -0.2) is 4.39 Å². The number of nitrogens with zero attached hydrogens (tertiary/aromatic N) is 3. The Balaban J connectivity index is 1.33. The summed E-state index contributed by atoms with van der Waals surface area (Å²) < 4.78 is 14.0. The van der Waals surface area contributed by atoms with Gasteiger partial charge in [0.15, 0.2) is 4.34 Å². The zero-order valence-electron chi connectivity index (χ0n) is 14.3. The fourth-order valence-corrected chi connectivity index (χ4v) is 5.59. The molecule has 1 N–H and O–H groups in total. The molecule has 0 spiro atoms. The molecule has 1 fully saturated rings. The Hall–Kier alpha value is -1.97. The van der Waals surface area contributed by atoms with Crippen LogP contribution in [-0.4, -0.2) is 33.3 Å². The summed E-state index contributed by atoms with van der Waals surface area (Å²) in [5.74, 6) is 0.164. The van der Waals surface area contributed by atoms with Gasteiger partial charge in [0, 0.05) is 17.1 Å². The van der Waals surface area contributed by atoms with Gasteiger partial charge in [-0.05, 0) is 42.5 Å². The van der Waals surface area contributed by atoms with E-state index in [9.17, 15) is 9.18 Å². The second-order valence-corrected chi connectivity index (χ2v) is 9.24. The highest BCUT2D eigenvalue weighted by Crippen LogP contribution is 2.35. The van der Waals surface area contributed by atoms with Gasteiger partial charge < -0.3 is 10.2 Å². The molecule has 1 unspecified atom stereocenters. The predicted molar refractivity (Wildman–Crippen MR) is 108 cm³/mol. The smallest absolute Gasteiger partial charge is 0.233 e. The van der Waals surface area contributed by atoms with Gasteiger partial charge in [0.1, 0.15) is 5.82 Å². The number of amides is 1. The van der Waals surface area contributed by atoms with Crippen LogP contribution < -0.4 is 5.32 Å². The van der Waals surface area contributed by atoms with Gasteiger partial charge in [-0.1, -0.05) is 35.2 Å². The summed E-state index contributed by atoms with van der Waals surface area (Å²) in [5.41, 5.74) is 0.620. The van der Waals surface area contributed by atoms with Gasteiger partial charge in [0.2, 0.25) is 11.0 Å². The topological polar surface area (TPSA) is 58.1 Å². The third kappa shape index (κ3) is 4.48. The van der Waals surface area contributed by atoms with E-state index in [2.05, 4.69) is 27.0 Å². The van der Waals surface area contributed by atoms with Crippen LogP contribution in [0.4, 0.5) is 15.2 Å². The highest BCUT2D eigenvalue weighted by Gasteiger charge is 2.30. The summed E-state index contributed by atoms with van der Waals surface area (Å²) in [4.78, 5) is 15.9. The first kappa shape index (κ1) is 18.4. The number of anilines is 2. The molecule has 9 heteroatoms. The van der Waals surface area contributed by atoms with Crippen molar-refractivity contribution in [1.82, 2.24) is 15.1 Å². The van der Waals surface area contributed by atoms with Crippen molar-refractivity contribution < 1.29 is 9.18 Å². The van der Waals surface area contributed by atoms with E-state index in [-0.39, 0.29) is 17.8 Å². The molecular weight excluding hydrogens is 403 g/mol. The minimum Gasteiger partial charge on any atom is -0.334 e. The van der Waals surface area contributed by atoms with Crippen molar-refractivity contribution in [2.24, 2.45) is 0 Å². The molecule has 0 radical (unpaired) electrons. The Labute approximate surface area is 168 Å². The molecule has 2 aromatic heterocycles. The first-order chi connectivity index (χ1) is 13.2. The molecule has 1 aliphatic rings. The SMILES string of the molecule is O=C(CSc1nnc(Nc2cccc(F)c2)s1)N1CCCC1c1cccs1. The van der Waals surface area contributed by atoms with Crippen LogP contribution in [0, 0.1) is 5.82 Å². The van der Waals surface area contributed by atoms with Crippen LogP contribution in [0.3, 0.4) is 0 Å². The average Bonchev–Trinajstić information content (AvgIpc) is 3.40. The number of thioether (sulfide) groups is 1. The van der Waals surface area contributed by atoms with E-state index >= 15 is 0 Å². The Bertz CT molecular complexity index is 915. The van der Waals surface area contributed by atoms with Crippen LogP contribution in [-0.2, 0) is 4.79 Å². The molecule has 5 nitrogen and oxygen atoms in total. The molecule has 3 heterocycles. The number of hydrogen-bond donors (Lipinski definition) is 1.